The van der Waals surface area contributed by atoms with Crippen molar-refractivity contribution < 1.29 is 4.74 Å². The van der Waals surface area contributed by atoms with E-state index in [0.717, 1.165) is 38.3 Å². The molecule has 0 N–H and O–H groups in total. The first-order valence-electron chi connectivity index (χ1n) is 10.7. The Morgan fingerprint density at radius 1 is 1.18 bits per heavy atom. The van der Waals surface area contributed by atoms with Crippen LogP contribution in [0.5, 0.6) is 0 Å². The lowest BCUT2D eigenvalue weighted by Gasteiger charge is -2.26. The topological polar surface area (TPSA) is 44.1 Å². The third-order valence-electron chi connectivity index (χ3n) is 5.82. The summed E-state index contributed by atoms with van der Waals surface area (Å²) in [6.45, 7) is 4.85. The maximum atomic E-state index is 13.9. The summed E-state index contributed by atoms with van der Waals surface area (Å²) in [5, 5.41) is 2.43. The number of thiophene rings is 1. The molecule has 0 amide bonds. The fourth-order valence-corrected chi connectivity index (χ4v) is 6.46. The third-order valence-corrected chi connectivity index (χ3v) is 8.67. The average Bonchev–Trinajstić information content (AvgIpc) is 3.18. The Morgan fingerprint density at radius 2 is 1.97 bits per heavy atom. The van der Waals surface area contributed by atoms with Crippen LogP contribution in [0.15, 0.2) is 58.5 Å². The fraction of sp³-hybridized carbons (Fsp3) is 0.280. The molecule has 0 spiro atoms. The number of fused-ring (bicyclic) bond motifs is 3. The normalized spacial score (nSPS) is 15.8. The first-order chi connectivity index (χ1) is 15.9. The molecule has 0 saturated heterocycles. The van der Waals surface area contributed by atoms with Crippen molar-refractivity contribution in [3.05, 3.63) is 84.9 Å². The zero-order chi connectivity index (χ0) is 23.1. The predicted molar refractivity (Wildman–Crippen MR) is 138 cm³/mol. The van der Waals surface area contributed by atoms with Crippen LogP contribution in [0.3, 0.4) is 0 Å². The minimum absolute atomic E-state index is 0.0234. The Kier molecular flexibility index (Phi) is 6.56. The van der Waals surface area contributed by atoms with E-state index in [4.69, 9.17) is 32.9 Å². The van der Waals surface area contributed by atoms with Crippen LogP contribution >= 0.6 is 46.3 Å². The van der Waals surface area contributed by atoms with Crippen LogP contribution in [0, 0.1) is 5.92 Å². The van der Waals surface area contributed by atoms with Gasteiger partial charge in [-0.25, -0.2) is 4.98 Å². The molecule has 1 aliphatic heterocycles. The molecule has 2 aromatic heterocycles. The highest BCUT2D eigenvalue weighted by atomic mass is 35.5. The van der Waals surface area contributed by atoms with Crippen LogP contribution in [-0.4, -0.2) is 15.7 Å². The number of hydrogen-bond acceptors (Lipinski definition) is 5. The van der Waals surface area contributed by atoms with Crippen LogP contribution in [0.2, 0.25) is 10.0 Å². The minimum atomic E-state index is -0.0234. The lowest BCUT2D eigenvalue weighted by Crippen LogP contribution is -2.28. The highest BCUT2D eigenvalue weighted by molar-refractivity contribution is 7.98. The molecule has 33 heavy (non-hydrogen) atoms. The van der Waals surface area contributed by atoms with Gasteiger partial charge in [-0.3, -0.25) is 9.36 Å². The Labute approximate surface area is 210 Å². The molecule has 0 saturated carbocycles. The summed E-state index contributed by atoms with van der Waals surface area (Å²) in [4.78, 5) is 20.8. The maximum absolute atomic E-state index is 13.9. The zero-order valence-corrected chi connectivity index (χ0v) is 21.3. The summed E-state index contributed by atoms with van der Waals surface area (Å²) in [5.74, 6) is 1.00. The van der Waals surface area contributed by atoms with Crippen molar-refractivity contribution in [3.63, 3.8) is 0 Å². The molecule has 0 bridgehead atoms. The summed E-state index contributed by atoms with van der Waals surface area (Å²) in [5.41, 5.74) is 2.90. The number of nitrogens with zero attached hydrogens (tertiary/aromatic N) is 2. The van der Waals surface area contributed by atoms with Crippen LogP contribution in [-0.2, 0) is 23.5 Å². The van der Waals surface area contributed by atoms with Crippen molar-refractivity contribution in [1.82, 2.24) is 9.55 Å². The van der Waals surface area contributed by atoms with E-state index >= 15 is 0 Å². The van der Waals surface area contributed by atoms with Crippen LogP contribution < -0.4 is 5.56 Å². The van der Waals surface area contributed by atoms with Crippen molar-refractivity contribution >= 4 is 56.5 Å². The second kappa shape index (κ2) is 9.43. The summed E-state index contributed by atoms with van der Waals surface area (Å²) in [6, 6.07) is 15.3. The first kappa shape index (κ1) is 22.9. The van der Waals surface area contributed by atoms with E-state index in [1.807, 2.05) is 42.5 Å². The monoisotopic (exact) mass is 516 g/mol. The molecular weight excluding hydrogens is 495 g/mol. The van der Waals surface area contributed by atoms with Crippen molar-refractivity contribution in [3.8, 4) is 5.69 Å². The summed E-state index contributed by atoms with van der Waals surface area (Å²) < 4.78 is 7.79. The Bertz CT molecular complexity index is 1380. The van der Waals surface area contributed by atoms with Gasteiger partial charge in [0, 0.05) is 17.1 Å². The van der Waals surface area contributed by atoms with Crippen molar-refractivity contribution in [2.75, 3.05) is 0 Å². The Hall–Kier alpha value is -1.83. The van der Waals surface area contributed by atoms with Crippen LogP contribution in [0.4, 0.5) is 0 Å². The molecule has 0 radical (unpaired) electrons. The highest BCUT2D eigenvalue weighted by Crippen LogP contribution is 2.37. The third kappa shape index (κ3) is 4.47. The van der Waals surface area contributed by atoms with E-state index in [1.54, 1.807) is 22.0 Å². The SMILES string of the molecule is CC(C)[C@@H]1Cc2c(sc3nc(SCc4ccc(Cl)c(Cl)c4)n(-c4ccccc4)c(=O)c23)CO1. The van der Waals surface area contributed by atoms with Gasteiger partial charge in [0.25, 0.3) is 5.56 Å². The quantitative estimate of drug-likeness (QED) is 0.208. The van der Waals surface area contributed by atoms with Crippen molar-refractivity contribution in [2.45, 2.75) is 43.9 Å². The fourth-order valence-electron chi connectivity index (χ4n) is 4.01. The molecule has 8 heteroatoms. The van der Waals surface area contributed by atoms with Crippen LogP contribution in [0.1, 0.15) is 29.9 Å². The molecule has 4 nitrogen and oxygen atoms in total. The molecule has 3 heterocycles. The number of aromatic nitrogens is 2. The van der Waals surface area contributed by atoms with Gasteiger partial charge in [-0.2, -0.15) is 0 Å². The van der Waals surface area contributed by atoms with E-state index in [1.165, 1.54) is 11.8 Å². The van der Waals surface area contributed by atoms with Crippen LogP contribution in [0.25, 0.3) is 15.9 Å². The molecule has 0 fully saturated rings. The molecule has 2 aromatic carbocycles. The lowest BCUT2D eigenvalue weighted by atomic mass is 9.96. The van der Waals surface area contributed by atoms with E-state index in [9.17, 15) is 4.79 Å². The molecule has 1 aliphatic rings. The molecule has 170 valence electrons. The van der Waals surface area contributed by atoms with Gasteiger partial charge in [0.1, 0.15) is 4.83 Å². The number of halogens is 2. The predicted octanol–water partition coefficient (Wildman–Crippen LogP) is 7.14. The van der Waals surface area contributed by atoms with Gasteiger partial charge in [0.2, 0.25) is 0 Å². The van der Waals surface area contributed by atoms with Gasteiger partial charge in [-0.15, -0.1) is 11.3 Å². The second-order valence-electron chi connectivity index (χ2n) is 8.39. The molecule has 4 aromatic rings. The Balaban J connectivity index is 1.62. The summed E-state index contributed by atoms with van der Waals surface area (Å²) >= 11 is 15.3. The minimum Gasteiger partial charge on any atom is -0.372 e. The van der Waals surface area contributed by atoms with E-state index in [0.29, 0.717) is 33.5 Å². The van der Waals surface area contributed by atoms with Crippen molar-refractivity contribution in [2.24, 2.45) is 5.92 Å². The number of hydrogen-bond donors (Lipinski definition) is 0. The molecule has 5 rings (SSSR count). The average molecular weight is 518 g/mol. The number of thioether (sulfide) groups is 1. The van der Waals surface area contributed by atoms with Gasteiger partial charge in [-0.05, 0) is 41.3 Å². The van der Waals surface area contributed by atoms with Gasteiger partial charge >= 0.3 is 0 Å². The number of benzene rings is 2. The highest BCUT2D eigenvalue weighted by Gasteiger charge is 2.28. The summed E-state index contributed by atoms with van der Waals surface area (Å²) in [7, 11) is 0. The first-order valence-corrected chi connectivity index (χ1v) is 13.3. The lowest BCUT2D eigenvalue weighted by molar-refractivity contribution is 0.00200. The smallest absolute Gasteiger partial charge is 0.267 e. The van der Waals surface area contributed by atoms with E-state index in [-0.39, 0.29) is 11.7 Å². The molecule has 0 aliphatic carbocycles. The molecule has 1 atom stereocenters. The number of para-hydroxylation sites is 1. The van der Waals surface area contributed by atoms with E-state index < -0.39 is 0 Å². The second-order valence-corrected chi connectivity index (χ2v) is 11.2. The summed E-state index contributed by atoms with van der Waals surface area (Å²) in [6.07, 6.45) is 0.859. The van der Waals surface area contributed by atoms with Gasteiger partial charge < -0.3 is 4.74 Å². The van der Waals surface area contributed by atoms with Crippen molar-refractivity contribution in [1.29, 1.82) is 0 Å². The largest absolute Gasteiger partial charge is 0.372 e. The van der Waals surface area contributed by atoms with Gasteiger partial charge in [0.15, 0.2) is 5.16 Å². The zero-order valence-electron chi connectivity index (χ0n) is 18.2. The standard InChI is InChI=1S/C25H22Cl2N2O2S2/c1-14(2)20-11-17-21(12-31-20)33-23-22(17)24(30)29(16-6-4-3-5-7-16)25(28-23)32-13-15-8-9-18(26)19(27)10-15/h3-10,14,20H,11-13H2,1-2H3/t20-/m0/s1. The van der Waals surface area contributed by atoms with Gasteiger partial charge in [0.05, 0.1) is 33.8 Å². The number of ether oxygens (including phenoxy) is 1. The molecule has 0 unspecified atom stereocenters. The van der Waals surface area contributed by atoms with E-state index in [2.05, 4.69) is 13.8 Å². The Morgan fingerprint density at radius 3 is 2.70 bits per heavy atom. The maximum Gasteiger partial charge on any atom is 0.267 e. The van der Waals surface area contributed by atoms with Gasteiger partial charge in [-0.1, -0.05) is 73.1 Å². The number of rotatable bonds is 5. The molecular formula is C25H22Cl2N2O2S2.